The fourth-order valence-corrected chi connectivity index (χ4v) is 1.21. The summed E-state index contributed by atoms with van der Waals surface area (Å²) in [5.41, 5.74) is 0.212. The summed E-state index contributed by atoms with van der Waals surface area (Å²) in [6.45, 7) is 0. The minimum Gasteiger partial charge on any atom is -0.481 e. The standard InChI is InChI=1S/C10H6F2N2O3/c11-6-2-1-5(3-7(6)12)10-13-8(17-14-10)4-9(15)16/h1-3H,4H2,(H,15,16). The predicted octanol–water partition coefficient (Wildman–Crippen LogP) is 1.64. The lowest BCUT2D eigenvalue weighted by Gasteiger charge is -1.95. The molecule has 0 aliphatic rings. The van der Waals surface area contributed by atoms with Crippen LogP contribution in [0.4, 0.5) is 8.78 Å². The molecule has 0 aliphatic carbocycles. The summed E-state index contributed by atoms with van der Waals surface area (Å²) >= 11 is 0. The fraction of sp³-hybridized carbons (Fsp3) is 0.100. The van der Waals surface area contributed by atoms with E-state index in [9.17, 15) is 13.6 Å². The number of hydrogen-bond donors (Lipinski definition) is 1. The van der Waals surface area contributed by atoms with Crippen LogP contribution in [0.5, 0.6) is 0 Å². The summed E-state index contributed by atoms with van der Waals surface area (Å²) in [5.74, 6) is -3.22. The van der Waals surface area contributed by atoms with E-state index in [0.29, 0.717) is 0 Å². The van der Waals surface area contributed by atoms with Crippen LogP contribution in [0.1, 0.15) is 5.89 Å². The summed E-state index contributed by atoms with van der Waals surface area (Å²) < 4.78 is 30.2. The second-order valence-corrected chi connectivity index (χ2v) is 3.21. The molecule has 1 heterocycles. The quantitative estimate of drug-likeness (QED) is 0.882. The van der Waals surface area contributed by atoms with Crippen molar-refractivity contribution in [3.63, 3.8) is 0 Å². The van der Waals surface area contributed by atoms with Crippen LogP contribution in [0.2, 0.25) is 0 Å². The van der Waals surface area contributed by atoms with E-state index in [1.54, 1.807) is 0 Å². The van der Waals surface area contributed by atoms with Crippen molar-refractivity contribution in [2.24, 2.45) is 0 Å². The Morgan fingerprint density at radius 3 is 2.76 bits per heavy atom. The molecular formula is C10H6F2N2O3. The Labute approximate surface area is 93.7 Å². The van der Waals surface area contributed by atoms with Crippen LogP contribution in [0.3, 0.4) is 0 Å². The van der Waals surface area contributed by atoms with Gasteiger partial charge in [-0.3, -0.25) is 4.79 Å². The average Bonchev–Trinajstić information content (AvgIpc) is 2.69. The van der Waals surface area contributed by atoms with Gasteiger partial charge in [0.25, 0.3) is 0 Å². The molecule has 0 radical (unpaired) electrons. The van der Waals surface area contributed by atoms with Gasteiger partial charge in [0.05, 0.1) is 0 Å². The summed E-state index contributed by atoms with van der Waals surface area (Å²) in [6.07, 6.45) is -0.420. The van der Waals surface area contributed by atoms with Gasteiger partial charge in [-0.25, -0.2) is 8.78 Å². The van der Waals surface area contributed by atoms with Gasteiger partial charge in [0.15, 0.2) is 11.6 Å². The summed E-state index contributed by atoms with van der Waals surface area (Å²) in [7, 11) is 0. The van der Waals surface area contributed by atoms with Crippen LogP contribution in [-0.2, 0) is 11.2 Å². The third kappa shape index (κ3) is 2.44. The minimum atomic E-state index is -1.12. The lowest BCUT2D eigenvalue weighted by atomic mass is 10.2. The summed E-state index contributed by atoms with van der Waals surface area (Å²) in [6, 6.07) is 3.11. The topological polar surface area (TPSA) is 76.2 Å². The van der Waals surface area contributed by atoms with Crippen LogP contribution >= 0.6 is 0 Å². The maximum absolute atomic E-state index is 12.9. The molecule has 88 valence electrons. The highest BCUT2D eigenvalue weighted by atomic mass is 19.2. The van der Waals surface area contributed by atoms with Crippen molar-refractivity contribution in [2.45, 2.75) is 6.42 Å². The molecule has 0 amide bonds. The Morgan fingerprint density at radius 2 is 2.12 bits per heavy atom. The van der Waals surface area contributed by atoms with Crippen molar-refractivity contribution in [3.8, 4) is 11.4 Å². The van der Waals surface area contributed by atoms with Gasteiger partial charge in [0.1, 0.15) is 6.42 Å². The van der Waals surface area contributed by atoms with E-state index in [2.05, 4.69) is 14.7 Å². The van der Waals surface area contributed by atoms with Crippen molar-refractivity contribution in [3.05, 3.63) is 35.7 Å². The number of halogens is 2. The first kappa shape index (κ1) is 11.2. The average molecular weight is 240 g/mol. The van der Waals surface area contributed by atoms with Gasteiger partial charge in [-0.15, -0.1) is 0 Å². The molecule has 1 N–H and O–H groups in total. The number of hydrogen-bond acceptors (Lipinski definition) is 4. The van der Waals surface area contributed by atoms with Crippen LogP contribution in [0.15, 0.2) is 22.7 Å². The highest BCUT2D eigenvalue weighted by Gasteiger charge is 2.13. The number of aromatic nitrogens is 2. The molecule has 0 atom stereocenters. The lowest BCUT2D eigenvalue weighted by molar-refractivity contribution is -0.136. The maximum Gasteiger partial charge on any atom is 0.312 e. The fourth-order valence-electron chi connectivity index (χ4n) is 1.21. The van der Waals surface area contributed by atoms with E-state index in [1.807, 2.05) is 0 Å². The molecule has 0 aliphatic heterocycles. The predicted molar refractivity (Wildman–Crippen MR) is 51.0 cm³/mol. The second-order valence-electron chi connectivity index (χ2n) is 3.21. The van der Waals surface area contributed by atoms with E-state index >= 15 is 0 Å². The van der Waals surface area contributed by atoms with Crippen molar-refractivity contribution in [1.29, 1.82) is 0 Å². The minimum absolute atomic E-state index is 0.0140. The Hall–Kier alpha value is -2.31. The largest absolute Gasteiger partial charge is 0.481 e. The normalized spacial score (nSPS) is 10.5. The van der Waals surface area contributed by atoms with E-state index in [0.717, 1.165) is 12.1 Å². The number of nitrogens with zero attached hydrogens (tertiary/aromatic N) is 2. The van der Waals surface area contributed by atoms with Crippen molar-refractivity contribution >= 4 is 5.97 Å². The first-order valence-corrected chi connectivity index (χ1v) is 4.56. The molecule has 2 rings (SSSR count). The Balaban J connectivity index is 2.30. The molecule has 0 unspecified atom stereocenters. The third-order valence-corrected chi connectivity index (χ3v) is 1.95. The molecule has 0 saturated heterocycles. The highest BCUT2D eigenvalue weighted by molar-refractivity contribution is 5.69. The van der Waals surface area contributed by atoms with Crippen LogP contribution in [0.25, 0.3) is 11.4 Å². The number of benzene rings is 1. The van der Waals surface area contributed by atoms with E-state index in [4.69, 9.17) is 5.11 Å². The summed E-state index contributed by atoms with van der Waals surface area (Å²) in [4.78, 5) is 14.1. The third-order valence-electron chi connectivity index (χ3n) is 1.95. The molecular weight excluding hydrogens is 234 g/mol. The van der Waals surface area contributed by atoms with Crippen molar-refractivity contribution < 1.29 is 23.2 Å². The van der Waals surface area contributed by atoms with Crippen molar-refractivity contribution in [2.75, 3.05) is 0 Å². The Morgan fingerprint density at radius 1 is 1.35 bits per heavy atom. The number of carboxylic acid groups (broad SMARTS) is 1. The number of carbonyl (C=O) groups is 1. The highest BCUT2D eigenvalue weighted by Crippen LogP contribution is 2.18. The molecule has 0 fully saturated rings. The molecule has 0 bridgehead atoms. The van der Waals surface area contributed by atoms with E-state index in [1.165, 1.54) is 6.07 Å². The number of carboxylic acids is 1. The molecule has 0 saturated carbocycles. The zero-order valence-electron chi connectivity index (χ0n) is 8.35. The van der Waals surface area contributed by atoms with Gasteiger partial charge in [-0.2, -0.15) is 4.98 Å². The molecule has 1 aromatic carbocycles. The molecule has 2 aromatic rings. The van der Waals surface area contributed by atoms with E-state index < -0.39 is 24.0 Å². The van der Waals surface area contributed by atoms with Crippen LogP contribution in [-0.4, -0.2) is 21.2 Å². The van der Waals surface area contributed by atoms with Crippen LogP contribution in [0, 0.1) is 11.6 Å². The first-order valence-electron chi connectivity index (χ1n) is 4.56. The van der Waals surface area contributed by atoms with Gasteiger partial charge >= 0.3 is 5.97 Å². The second kappa shape index (κ2) is 4.28. The molecule has 17 heavy (non-hydrogen) atoms. The monoisotopic (exact) mass is 240 g/mol. The molecule has 5 nitrogen and oxygen atoms in total. The van der Waals surface area contributed by atoms with Gasteiger partial charge in [0.2, 0.25) is 11.7 Å². The lowest BCUT2D eigenvalue weighted by Crippen LogP contribution is -1.99. The Kier molecular flexibility index (Phi) is 2.82. The smallest absolute Gasteiger partial charge is 0.312 e. The number of aliphatic carboxylic acids is 1. The zero-order valence-corrected chi connectivity index (χ0v) is 8.35. The van der Waals surface area contributed by atoms with Gasteiger partial charge in [-0.1, -0.05) is 5.16 Å². The number of rotatable bonds is 3. The Bertz CT molecular complexity index is 568. The van der Waals surface area contributed by atoms with E-state index in [-0.39, 0.29) is 17.3 Å². The molecule has 0 spiro atoms. The first-order chi connectivity index (χ1) is 8.06. The van der Waals surface area contributed by atoms with Crippen LogP contribution < -0.4 is 0 Å². The SMILES string of the molecule is O=C(O)Cc1nc(-c2ccc(F)c(F)c2)no1. The molecule has 7 heteroatoms. The zero-order chi connectivity index (χ0) is 12.4. The summed E-state index contributed by atoms with van der Waals surface area (Å²) in [5, 5.41) is 12.0. The molecule has 1 aromatic heterocycles. The van der Waals surface area contributed by atoms with Gasteiger partial charge in [0, 0.05) is 5.56 Å². The van der Waals surface area contributed by atoms with Crippen molar-refractivity contribution in [1.82, 2.24) is 10.1 Å². The van der Waals surface area contributed by atoms with Gasteiger partial charge < -0.3 is 9.63 Å². The maximum atomic E-state index is 12.9. The van der Waals surface area contributed by atoms with Gasteiger partial charge in [-0.05, 0) is 18.2 Å².